The van der Waals surface area contributed by atoms with Crippen molar-refractivity contribution < 1.29 is 27.8 Å². The highest BCUT2D eigenvalue weighted by Gasteiger charge is 2.18. The molecule has 9 heteroatoms. The first-order chi connectivity index (χ1) is 13.0. The average molecular weight is 373 g/mol. The lowest BCUT2D eigenvalue weighted by molar-refractivity contribution is 0.102. The van der Waals surface area contributed by atoms with Crippen molar-refractivity contribution in [2.75, 3.05) is 26.6 Å². The molecule has 0 saturated carbocycles. The van der Waals surface area contributed by atoms with Gasteiger partial charge in [-0.15, -0.1) is 5.10 Å². The molecule has 27 heavy (non-hydrogen) atoms. The molecule has 0 aliphatic rings. The SMILES string of the molecule is COc1cc(-c2nnc(NC(=O)c3ccc(F)cc3)o2)cc(OC)c1OC. The van der Waals surface area contributed by atoms with Crippen molar-refractivity contribution in [3.63, 3.8) is 0 Å². The Morgan fingerprint density at radius 3 is 2.19 bits per heavy atom. The summed E-state index contributed by atoms with van der Waals surface area (Å²) in [5, 5.41) is 10.2. The molecule has 3 rings (SSSR count). The van der Waals surface area contributed by atoms with Crippen molar-refractivity contribution >= 4 is 11.9 Å². The summed E-state index contributed by atoms with van der Waals surface area (Å²) in [6.45, 7) is 0. The molecule has 0 aliphatic carbocycles. The summed E-state index contributed by atoms with van der Waals surface area (Å²) >= 11 is 0. The predicted octanol–water partition coefficient (Wildman–Crippen LogP) is 3.15. The van der Waals surface area contributed by atoms with E-state index in [1.165, 1.54) is 45.6 Å². The molecule has 1 heterocycles. The zero-order valence-corrected chi connectivity index (χ0v) is 14.8. The number of amides is 1. The van der Waals surface area contributed by atoms with Crippen LogP contribution in [0.2, 0.25) is 0 Å². The molecule has 8 nitrogen and oxygen atoms in total. The first-order valence-corrected chi connectivity index (χ1v) is 7.76. The van der Waals surface area contributed by atoms with Crippen LogP contribution < -0.4 is 19.5 Å². The number of ether oxygens (including phenoxy) is 3. The van der Waals surface area contributed by atoms with Gasteiger partial charge in [0.1, 0.15) is 5.82 Å². The van der Waals surface area contributed by atoms with Crippen molar-refractivity contribution in [3.8, 4) is 28.7 Å². The van der Waals surface area contributed by atoms with E-state index in [9.17, 15) is 9.18 Å². The van der Waals surface area contributed by atoms with Crippen molar-refractivity contribution in [3.05, 3.63) is 47.8 Å². The van der Waals surface area contributed by atoms with E-state index in [1.807, 2.05) is 0 Å². The summed E-state index contributed by atoms with van der Waals surface area (Å²) in [7, 11) is 4.47. The summed E-state index contributed by atoms with van der Waals surface area (Å²) in [6.07, 6.45) is 0. The maximum atomic E-state index is 12.9. The lowest BCUT2D eigenvalue weighted by atomic mass is 10.2. The molecule has 0 saturated heterocycles. The third-order valence-electron chi connectivity index (χ3n) is 3.66. The predicted molar refractivity (Wildman–Crippen MR) is 93.7 cm³/mol. The van der Waals surface area contributed by atoms with Crippen molar-refractivity contribution in [2.45, 2.75) is 0 Å². The minimum absolute atomic E-state index is 0.104. The summed E-state index contributed by atoms with van der Waals surface area (Å²) < 4.78 is 34.3. The minimum Gasteiger partial charge on any atom is -0.493 e. The molecule has 1 amide bonds. The summed E-state index contributed by atoms with van der Waals surface area (Å²) in [4.78, 5) is 12.1. The zero-order valence-electron chi connectivity index (χ0n) is 14.8. The molecule has 0 bridgehead atoms. The number of aromatic nitrogens is 2. The minimum atomic E-state index is -0.505. The standard InChI is InChI=1S/C18H16FN3O5/c1-24-13-8-11(9-14(25-2)15(13)26-3)17-21-22-18(27-17)20-16(23)10-4-6-12(19)7-5-10/h4-9H,1-3H3,(H,20,22,23). The lowest BCUT2D eigenvalue weighted by Crippen LogP contribution is -2.12. The number of hydrogen-bond donors (Lipinski definition) is 1. The molecule has 0 aliphatic heterocycles. The molecule has 1 N–H and O–H groups in total. The van der Waals surface area contributed by atoms with Crippen molar-refractivity contribution in [1.82, 2.24) is 10.2 Å². The summed E-state index contributed by atoms with van der Waals surface area (Å²) in [5.74, 6) is 0.463. The number of benzene rings is 2. The van der Waals surface area contributed by atoms with Crippen LogP contribution in [0.5, 0.6) is 17.2 Å². The Bertz CT molecular complexity index is 931. The second-order valence-electron chi connectivity index (χ2n) is 5.29. The first kappa shape index (κ1) is 18.2. The van der Waals surface area contributed by atoms with Crippen LogP contribution >= 0.6 is 0 Å². The van der Waals surface area contributed by atoms with Gasteiger partial charge in [-0.05, 0) is 36.4 Å². The smallest absolute Gasteiger partial charge is 0.322 e. The van der Waals surface area contributed by atoms with E-state index >= 15 is 0 Å². The number of nitrogens with one attached hydrogen (secondary N) is 1. The van der Waals surface area contributed by atoms with Crippen molar-refractivity contribution in [2.24, 2.45) is 0 Å². The molecular weight excluding hydrogens is 357 g/mol. The van der Waals surface area contributed by atoms with Crippen LogP contribution in [-0.2, 0) is 0 Å². The van der Waals surface area contributed by atoms with Crippen LogP contribution in [0, 0.1) is 5.82 Å². The fourth-order valence-corrected chi connectivity index (χ4v) is 2.37. The van der Waals surface area contributed by atoms with Crippen LogP contribution in [0.25, 0.3) is 11.5 Å². The number of rotatable bonds is 6. The number of carbonyl (C=O) groups excluding carboxylic acids is 1. The Kier molecular flexibility index (Phi) is 5.20. The highest BCUT2D eigenvalue weighted by molar-refractivity contribution is 6.03. The first-order valence-electron chi connectivity index (χ1n) is 7.76. The molecule has 3 aromatic rings. The summed E-state index contributed by atoms with van der Waals surface area (Å²) in [6, 6.07) is 8.24. The van der Waals surface area contributed by atoms with Gasteiger partial charge in [-0.3, -0.25) is 10.1 Å². The quantitative estimate of drug-likeness (QED) is 0.709. The van der Waals surface area contributed by atoms with Gasteiger partial charge >= 0.3 is 6.01 Å². The van der Waals surface area contributed by atoms with E-state index in [0.717, 1.165) is 0 Å². The van der Waals surface area contributed by atoms with Gasteiger partial charge in [-0.25, -0.2) is 4.39 Å². The maximum absolute atomic E-state index is 12.9. The largest absolute Gasteiger partial charge is 0.493 e. The van der Waals surface area contributed by atoms with Gasteiger partial charge in [-0.2, -0.15) is 0 Å². The molecule has 0 fully saturated rings. The van der Waals surface area contributed by atoms with Gasteiger partial charge in [0, 0.05) is 11.1 Å². The number of methoxy groups -OCH3 is 3. The number of hydrogen-bond acceptors (Lipinski definition) is 7. The molecule has 1 aromatic heterocycles. The second kappa shape index (κ2) is 7.73. The van der Waals surface area contributed by atoms with E-state index in [0.29, 0.717) is 22.8 Å². The monoisotopic (exact) mass is 373 g/mol. The van der Waals surface area contributed by atoms with Gasteiger partial charge in [0.2, 0.25) is 11.6 Å². The van der Waals surface area contributed by atoms with Gasteiger partial charge in [0.25, 0.3) is 5.91 Å². The van der Waals surface area contributed by atoms with Crippen molar-refractivity contribution in [1.29, 1.82) is 0 Å². The fraction of sp³-hybridized carbons (Fsp3) is 0.167. The Hall–Kier alpha value is -3.62. The molecule has 0 atom stereocenters. The van der Waals surface area contributed by atoms with Gasteiger partial charge in [0.05, 0.1) is 21.3 Å². The van der Waals surface area contributed by atoms with Crippen LogP contribution in [0.15, 0.2) is 40.8 Å². The normalized spacial score (nSPS) is 10.4. The van der Waals surface area contributed by atoms with Gasteiger partial charge in [-0.1, -0.05) is 5.10 Å². The Labute approximate surface area is 153 Å². The molecule has 0 unspecified atom stereocenters. The van der Waals surface area contributed by atoms with Gasteiger partial charge in [0.15, 0.2) is 11.5 Å². The van der Waals surface area contributed by atoms with E-state index < -0.39 is 11.7 Å². The summed E-state index contributed by atoms with van der Waals surface area (Å²) in [5.41, 5.74) is 0.767. The molecule has 140 valence electrons. The third kappa shape index (κ3) is 3.81. The van der Waals surface area contributed by atoms with Crippen LogP contribution in [0.1, 0.15) is 10.4 Å². The average Bonchev–Trinajstić information content (AvgIpc) is 3.15. The maximum Gasteiger partial charge on any atom is 0.322 e. The topological polar surface area (TPSA) is 95.7 Å². The number of halogens is 1. The number of nitrogens with zero attached hydrogens (tertiary/aromatic N) is 2. The van der Waals surface area contributed by atoms with E-state index in [2.05, 4.69) is 15.5 Å². The second-order valence-corrected chi connectivity index (χ2v) is 5.29. The van der Waals surface area contributed by atoms with E-state index in [1.54, 1.807) is 12.1 Å². The third-order valence-corrected chi connectivity index (χ3v) is 3.66. The number of anilines is 1. The van der Waals surface area contributed by atoms with Gasteiger partial charge < -0.3 is 18.6 Å². The molecular formula is C18H16FN3O5. The van der Waals surface area contributed by atoms with Crippen LogP contribution in [0.3, 0.4) is 0 Å². The zero-order chi connectivity index (χ0) is 19.4. The fourth-order valence-electron chi connectivity index (χ4n) is 2.37. The van der Waals surface area contributed by atoms with Crippen LogP contribution in [0.4, 0.5) is 10.4 Å². The van der Waals surface area contributed by atoms with Crippen LogP contribution in [-0.4, -0.2) is 37.4 Å². The van der Waals surface area contributed by atoms with E-state index in [-0.39, 0.29) is 17.5 Å². The Balaban J connectivity index is 1.85. The molecule has 2 aromatic carbocycles. The van der Waals surface area contributed by atoms with E-state index in [4.69, 9.17) is 18.6 Å². The Morgan fingerprint density at radius 2 is 1.63 bits per heavy atom. The Morgan fingerprint density at radius 1 is 1.00 bits per heavy atom. The number of carbonyl (C=O) groups is 1. The molecule has 0 spiro atoms. The molecule has 0 radical (unpaired) electrons. The highest BCUT2D eigenvalue weighted by Crippen LogP contribution is 2.41. The highest BCUT2D eigenvalue weighted by atomic mass is 19.1. The lowest BCUT2D eigenvalue weighted by Gasteiger charge is -2.12.